The first kappa shape index (κ1) is 15.6. The number of allylic oxidation sites excluding steroid dienone is 2. The van der Waals surface area contributed by atoms with Crippen molar-refractivity contribution in [1.82, 2.24) is 5.32 Å². The standard InChI is InChI=1S/C19H25N3O2/c1-12-16-14(11-20-13(2)19(12,3)4)17-18(22(17,23-5)24-6)21-10-8-7-9-15(16)21/h7-10,17-18,20H,1-2,11H2,3-6H3/q+2. The van der Waals surface area contributed by atoms with Crippen molar-refractivity contribution in [3.05, 3.63) is 60.1 Å². The maximum Gasteiger partial charge on any atom is 0.408 e. The van der Waals surface area contributed by atoms with Crippen molar-refractivity contribution in [3.8, 4) is 0 Å². The summed E-state index contributed by atoms with van der Waals surface area (Å²) in [7, 11) is 3.40. The highest BCUT2D eigenvalue weighted by Crippen LogP contribution is 2.57. The molecule has 0 spiro atoms. The fourth-order valence-corrected chi connectivity index (χ4v) is 4.19. The molecule has 5 heteroatoms. The van der Waals surface area contributed by atoms with Crippen LogP contribution in [-0.2, 0) is 9.68 Å². The van der Waals surface area contributed by atoms with Crippen LogP contribution in [0.1, 0.15) is 25.7 Å². The molecule has 1 N–H and O–H groups in total. The van der Waals surface area contributed by atoms with Gasteiger partial charge in [-0.05, 0) is 11.6 Å². The zero-order chi connectivity index (χ0) is 17.3. The fourth-order valence-electron chi connectivity index (χ4n) is 4.19. The minimum atomic E-state index is -0.220. The van der Waals surface area contributed by atoms with E-state index in [1.54, 1.807) is 14.2 Å². The van der Waals surface area contributed by atoms with Gasteiger partial charge in [0.15, 0.2) is 6.20 Å². The van der Waals surface area contributed by atoms with E-state index >= 15 is 0 Å². The van der Waals surface area contributed by atoms with Crippen molar-refractivity contribution in [2.24, 2.45) is 5.41 Å². The molecular formula is C19H25N3O2+2. The summed E-state index contributed by atoms with van der Waals surface area (Å²) in [5, 5.41) is 3.49. The highest BCUT2D eigenvalue weighted by atomic mass is 17.0. The van der Waals surface area contributed by atoms with E-state index in [-0.39, 0.29) is 22.4 Å². The van der Waals surface area contributed by atoms with Gasteiger partial charge in [-0.15, -0.1) is 4.57 Å². The van der Waals surface area contributed by atoms with Gasteiger partial charge in [0.2, 0.25) is 5.69 Å². The number of nitrogens with one attached hydrogen (secondary N) is 1. The van der Waals surface area contributed by atoms with Gasteiger partial charge < -0.3 is 5.32 Å². The molecule has 1 aromatic heterocycles. The molecule has 4 heterocycles. The minimum Gasteiger partial charge on any atom is -0.384 e. The molecule has 5 nitrogen and oxygen atoms in total. The highest BCUT2D eigenvalue weighted by Gasteiger charge is 2.84. The molecule has 0 saturated carbocycles. The molecule has 4 rings (SSSR count). The summed E-state index contributed by atoms with van der Waals surface area (Å²) in [6.07, 6.45) is 2.20. The maximum atomic E-state index is 5.79. The third-order valence-electron chi connectivity index (χ3n) is 5.93. The van der Waals surface area contributed by atoms with Crippen LogP contribution in [0.2, 0.25) is 0 Å². The molecule has 1 fully saturated rings. The molecule has 2 unspecified atom stereocenters. The second-order valence-electron chi connectivity index (χ2n) is 7.20. The summed E-state index contributed by atoms with van der Waals surface area (Å²) >= 11 is 0. The molecule has 3 aliphatic heterocycles. The molecule has 0 bridgehead atoms. The van der Waals surface area contributed by atoms with Gasteiger partial charge in [0.05, 0.1) is 19.8 Å². The molecule has 0 aromatic carbocycles. The normalized spacial score (nSPS) is 29.2. The van der Waals surface area contributed by atoms with Gasteiger partial charge in [0.1, 0.15) is 0 Å². The minimum absolute atomic E-state index is 0.0963. The van der Waals surface area contributed by atoms with Crippen LogP contribution in [0.15, 0.2) is 54.4 Å². The lowest BCUT2D eigenvalue weighted by Gasteiger charge is -2.28. The van der Waals surface area contributed by atoms with E-state index in [9.17, 15) is 0 Å². The monoisotopic (exact) mass is 327 g/mol. The summed E-state index contributed by atoms with van der Waals surface area (Å²) in [5.74, 6) is 0. The number of hydrogen-bond acceptors (Lipinski definition) is 3. The van der Waals surface area contributed by atoms with Crippen LogP contribution in [-0.4, -0.2) is 31.6 Å². The number of quaternary nitrogens is 1. The lowest BCUT2D eigenvalue weighted by molar-refractivity contribution is -1.21. The Morgan fingerprint density at radius 2 is 1.96 bits per heavy atom. The predicted molar refractivity (Wildman–Crippen MR) is 90.7 cm³/mol. The van der Waals surface area contributed by atoms with Gasteiger partial charge in [-0.3, -0.25) is 0 Å². The Kier molecular flexibility index (Phi) is 3.10. The average molecular weight is 327 g/mol. The zero-order valence-corrected chi connectivity index (χ0v) is 14.8. The van der Waals surface area contributed by atoms with Gasteiger partial charge in [-0.1, -0.05) is 27.0 Å². The molecular weight excluding hydrogens is 302 g/mol. The Balaban J connectivity index is 1.98. The number of nitrogens with zero attached hydrogens (tertiary/aromatic N) is 2. The molecule has 0 amide bonds. The number of rotatable bonds is 2. The molecule has 24 heavy (non-hydrogen) atoms. The first-order chi connectivity index (χ1) is 11.4. The van der Waals surface area contributed by atoms with Crippen molar-refractivity contribution in [2.45, 2.75) is 26.1 Å². The predicted octanol–water partition coefficient (Wildman–Crippen LogP) is 2.26. The Morgan fingerprint density at radius 1 is 1.25 bits per heavy atom. The van der Waals surface area contributed by atoms with Crippen LogP contribution in [0, 0.1) is 5.41 Å². The van der Waals surface area contributed by atoms with Crippen LogP contribution in [0.3, 0.4) is 0 Å². The molecule has 1 saturated heterocycles. The molecule has 126 valence electrons. The summed E-state index contributed by atoms with van der Waals surface area (Å²) in [6, 6.07) is 6.40. The second-order valence-corrected chi connectivity index (χ2v) is 7.20. The van der Waals surface area contributed by atoms with Crippen molar-refractivity contribution in [2.75, 3.05) is 20.8 Å². The zero-order valence-electron chi connectivity index (χ0n) is 14.8. The Hall–Kier alpha value is -1.95. The van der Waals surface area contributed by atoms with Gasteiger partial charge in [-0.2, -0.15) is 9.68 Å². The van der Waals surface area contributed by atoms with E-state index in [1.807, 2.05) is 6.07 Å². The summed E-state index contributed by atoms with van der Waals surface area (Å²) in [6.45, 7) is 13.8. The van der Waals surface area contributed by atoms with E-state index in [2.05, 4.69) is 55.2 Å². The summed E-state index contributed by atoms with van der Waals surface area (Å²) in [4.78, 5) is 11.7. The summed E-state index contributed by atoms with van der Waals surface area (Å²) in [5.41, 5.74) is 5.52. The second kappa shape index (κ2) is 4.79. The Labute approximate surface area is 143 Å². The number of hydrogen-bond donors (Lipinski definition) is 1. The van der Waals surface area contributed by atoms with E-state index in [0.29, 0.717) is 0 Å². The van der Waals surface area contributed by atoms with Gasteiger partial charge in [0, 0.05) is 40.2 Å². The first-order valence-corrected chi connectivity index (χ1v) is 8.26. The average Bonchev–Trinajstić information content (AvgIpc) is 3.28. The van der Waals surface area contributed by atoms with E-state index < -0.39 is 0 Å². The van der Waals surface area contributed by atoms with Gasteiger partial charge in [-0.25, -0.2) is 0 Å². The Morgan fingerprint density at radius 3 is 2.62 bits per heavy atom. The highest BCUT2D eigenvalue weighted by molar-refractivity contribution is 5.82. The van der Waals surface area contributed by atoms with Crippen molar-refractivity contribution in [1.29, 1.82) is 0 Å². The smallest absolute Gasteiger partial charge is 0.384 e. The quantitative estimate of drug-likeness (QED) is 0.514. The third-order valence-corrected chi connectivity index (χ3v) is 5.93. The van der Waals surface area contributed by atoms with E-state index in [4.69, 9.17) is 9.68 Å². The number of aromatic nitrogens is 1. The van der Waals surface area contributed by atoms with Crippen LogP contribution in [0.4, 0.5) is 0 Å². The SMILES string of the molecule is C=C1NCC2=C(C(=C)C1(C)C)c1cccc[n+]1C1C2[N+]1(OC)OC. The lowest BCUT2D eigenvalue weighted by Crippen LogP contribution is -2.44. The van der Waals surface area contributed by atoms with Crippen molar-refractivity contribution >= 4 is 5.57 Å². The lowest BCUT2D eigenvalue weighted by atomic mass is 9.76. The van der Waals surface area contributed by atoms with Crippen LogP contribution < -0.4 is 9.88 Å². The van der Waals surface area contributed by atoms with Crippen LogP contribution in [0.25, 0.3) is 5.57 Å². The van der Waals surface area contributed by atoms with Crippen LogP contribution in [0.5, 0.6) is 0 Å². The van der Waals surface area contributed by atoms with Gasteiger partial charge in [0.25, 0.3) is 0 Å². The Bertz CT molecular complexity index is 790. The van der Waals surface area contributed by atoms with Crippen molar-refractivity contribution in [3.63, 3.8) is 0 Å². The number of pyridine rings is 1. The molecule has 1 aromatic rings. The maximum absolute atomic E-state index is 5.79. The van der Waals surface area contributed by atoms with E-state index in [1.165, 1.54) is 11.1 Å². The third kappa shape index (κ3) is 1.67. The molecule has 0 aliphatic carbocycles. The van der Waals surface area contributed by atoms with Gasteiger partial charge >= 0.3 is 12.2 Å². The van der Waals surface area contributed by atoms with Crippen molar-refractivity contribution < 1.29 is 19.1 Å². The molecule has 3 aliphatic rings. The molecule has 2 atom stereocenters. The first-order valence-electron chi connectivity index (χ1n) is 8.26. The topological polar surface area (TPSA) is 34.4 Å². The molecule has 0 radical (unpaired) electrons. The number of hydroxylamine groups is 4. The number of fused-ring (bicyclic) bond motifs is 5. The van der Waals surface area contributed by atoms with E-state index in [0.717, 1.165) is 23.5 Å². The van der Waals surface area contributed by atoms with Crippen LogP contribution >= 0.6 is 0 Å². The summed E-state index contributed by atoms with van der Waals surface area (Å²) < 4.78 is 2.26. The fraction of sp³-hybridized carbons (Fsp3) is 0.421. The largest absolute Gasteiger partial charge is 0.408 e.